The summed E-state index contributed by atoms with van der Waals surface area (Å²) in [6, 6.07) is 6.56. The van der Waals surface area contributed by atoms with E-state index in [4.69, 9.17) is 4.74 Å². The fourth-order valence-corrected chi connectivity index (χ4v) is 2.78. The topological polar surface area (TPSA) is 9.23 Å². The number of hydrogen-bond donors (Lipinski definition) is 0. The van der Waals surface area contributed by atoms with E-state index in [0.717, 1.165) is 18.1 Å². The molecule has 1 heteroatoms. The van der Waals surface area contributed by atoms with E-state index in [1.54, 1.807) is 7.11 Å². The minimum Gasteiger partial charge on any atom is -0.497 e. The minimum atomic E-state index is 0.929. The van der Waals surface area contributed by atoms with Gasteiger partial charge < -0.3 is 4.74 Å². The van der Waals surface area contributed by atoms with Gasteiger partial charge in [0.2, 0.25) is 0 Å². The Bertz CT molecular complexity index is 337. The molecular weight excluding hydrogens is 196 g/mol. The molecule has 0 aromatic heterocycles. The SMILES string of the molecule is CCc1cc(OC)ccc1CC1CCCC1. The summed E-state index contributed by atoms with van der Waals surface area (Å²) < 4.78 is 5.28. The van der Waals surface area contributed by atoms with E-state index < -0.39 is 0 Å². The Balaban J connectivity index is 2.12. The van der Waals surface area contributed by atoms with E-state index in [-0.39, 0.29) is 0 Å². The summed E-state index contributed by atoms with van der Waals surface area (Å²) in [7, 11) is 1.74. The molecule has 0 heterocycles. The van der Waals surface area contributed by atoms with Gasteiger partial charge in [-0.1, -0.05) is 38.7 Å². The quantitative estimate of drug-likeness (QED) is 0.742. The third kappa shape index (κ3) is 2.58. The van der Waals surface area contributed by atoms with Crippen molar-refractivity contribution in [1.82, 2.24) is 0 Å². The lowest BCUT2D eigenvalue weighted by molar-refractivity contribution is 0.414. The summed E-state index contributed by atoms with van der Waals surface area (Å²) in [4.78, 5) is 0. The van der Waals surface area contributed by atoms with Crippen LogP contribution in [0.1, 0.15) is 43.7 Å². The Morgan fingerprint density at radius 2 is 1.94 bits per heavy atom. The highest BCUT2D eigenvalue weighted by atomic mass is 16.5. The monoisotopic (exact) mass is 218 g/mol. The lowest BCUT2D eigenvalue weighted by Gasteiger charge is -2.13. The van der Waals surface area contributed by atoms with Gasteiger partial charge in [-0.2, -0.15) is 0 Å². The molecule has 1 aliphatic carbocycles. The number of rotatable bonds is 4. The van der Waals surface area contributed by atoms with Crippen molar-refractivity contribution in [3.8, 4) is 5.75 Å². The molecule has 0 amide bonds. The molecule has 0 radical (unpaired) electrons. The zero-order valence-electron chi connectivity index (χ0n) is 10.5. The van der Waals surface area contributed by atoms with Crippen LogP contribution in [0, 0.1) is 5.92 Å². The summed E-state index contributed by atoms with van der Waals surface area (Å²) in [5, 5.41) is 0. The molecular formula is C15H22O. The molecule has 0 spiro atoms. The maximum Gasteiger partial charge on any atom is 0.119 e. The first-order valence-corrected chi connectivity index (χ1v) is 6.49. The summed E-state index contributed by atoms with van der Waals surface area (Å²) >= 11 is 0. The Kier molecular flexibility index (Phi) is 3.87. The molecule has 1 fully saturated rings. The maximum atomic E-state index is 5.28. The van der Waals surface area contributed by atoms with Gasteiger partial charge in [-0.05, 0) is 42.0 Å². The van der Waals surface area contributed by atoms with Crippen LogP contribution in [-0.2, 0) is 12.8 Å². The summed E-state index contributed by atoms with van der Waals surface area (Å²) in [6.07, 6.45) is 8.10. The number of hydrogen-bond acceptors (Lipinski definition) is 1. The van der Waals surface area contributed by atoms with Gasteiger partial charge in [0, 0.05) is 0 Å². The second kappa shape index (κ2) is 5.38. The van der Waals surface area contributed by atoms with E-state index in [0.29, 0.717) is 0 Å². The van der Waals surface area contributed by atoms with Crippen molar-refractivity contribution in [2.24, 2.45) is 5.92 Å². The number of aryl methyl sites for hydroxylation is 1. The second-order valence-electron chi connectivity index (χ2n) is 4.84. The number of benzene rings is 1. The molecule has 88 valence electrons. The van der Waals surface area contributed by atoms with Crippen molar-refractivity contribution < 1.29 is 4.74 Å². The molecule has 0 N–H and O–H groups in total. The average molecular weight is 218 g/mol. The van der Waals surface area contributed by atoms with Crippen LogP contribution in [0.2, 0.25) is 0 Å². The summed E-state index contributed by atoms with van der Waals surface area (Å²) in [5.41, 5.74) is 3.00. The van der Waals surface area contributed by atoms with Crippen LogP contribution < -0.4 is 4.74 Å². The van der Waals surface area contributed by atoms with Crippen LogP contribution in [0.5, 0.6) is 5.75 Å². The zero-order valence-corrected chi connectivity index (χ0v) is 10.5. The molecule has 1 aromatic carbocycles. The van der Waals surface area contributed by atoms with E-state index in [1.807, 2.05) is 0 Å². The molecule has 1 aromatic rings. The second-order valence-corrected chi connectivity index (χ2v) is 4.84. The summed E-state index contributed by atoms with van der Waals surface area (Å²) in [6.45, 7) is 2.23. The van der Waals surface area contributed by atoms with Crippen LogP contribution >= 0.6 is 0 Å². The van der Waals surface area contributed by atoms with E-state index in [9.17, 15) is 0 Å². The van der Waals surface area contributed by atoms with Crippen molar-refractivity contribution in [3.63, 3.8) is 0 Å². The van der Waals surface area contributed by atoms with Gasteiger partial charge in [0.05, 0.1) is 7.11 Å². The van der Waals surface area contributed by atoms with Crippen molar-refractivity contribution in [1.29, 1.82) is 0 Å². The van der Waals surface area contributed by atoms with Gasteiger partial charge in [-0.3, -0.25) is 0 Å². The molecule has 16 heavy (non-hydrogen) atoms. The molecule has 0 atom stereocenters. The molecule has 0 bridgehead atoms. The fourth-order valence-electron chi connectivity index (χ4n) is 2.78. The highest BCUT2D eigenvalue weighted by molar-refractivity contribution is 5.36. The first kappa shape index (κ1) is 11.5. The molecule has 0 aliphatic heterocycles. The van der Waals surface area contributed by atoms with Crippen LogP contribution in [0.4, 0.5) is 0 Å². The number of methoxy groups -OCH3 is 1. The Morgan fingerprint density at radius 1 is 1.19 bits per heavy atom. The smallest absolute Gasteiger partial charge is 0.119 e. The normalized spacial score (nSPS) is 16.6. The van der Waals surface area contributed by atoms with E-state index >= 15 is 0 Å². The third-order valence-electron chi connectivity index (χ3n) is 3.78. The Morgan fingerprint density at radius 3 is 2.56 bits per heavy atom. The molecule has 1 aliphatic rings. The Labute approximate surface area is 98.8 Å². The molecule has 0 unspecified atom stereocenters. The van der Waals surface area contributed by atoms with Gasteiger partial charge >= 0.3 is 0 Å². The predicted octanol–water partition coefficient (Wildman–Crippen LogP) is 3.99. The lowest BCUT2D eigenvalue weighted by Crippen LogP contribution is -2.02. The third-order valence-corrected chi connectivity index (χ3v) is 3.78. The first-order valence-electron chi connectivity index (χ1n) is 6.49. The predicted molar refractivity (Wildman–Crippen MR) is 68.0 cm³/mol. The minimum absolute atomic E-state index is 0.929. The van der Waals surface area contributed by atoms with E-state index in [2.05, 4.69) is 25.1 Å². The van der Waals surface area contributed by atoms with Crippen molar-refractivity contribution >= 4 is 0 Å². The molecule has 2 rings (SSSR count). The van der Waals surface area contributed by atoms with Gasteiger partial charge in [-0.25, -0.2) is 0 Å². The lowest BCUT2D eigenvalue weighted by atomic mass is 9.93. The first-order chi connectivity index (χ1) is 7.83. The van der Waals surface area contributed by atoms with Gasteiger partial charge in [0.15, 0.2) is 0 Å². The highest BCUT2D eigenvalue weighted by Crippen LogP contribution is 2.30. The van der Waals surface area contributed by atoms with Crippen molar-refractivity contribution in [2.45, 2.75) is 45.4 Å². The molecule has 1 saturated carbocycles. The largest absolute Gasteiger partial charge is 0.497 e. The van der Waals surface area contributed by atoms with Crippen LogP contribution in [0.3, 0.4) is 0 Å². The average Bonchev–Trinajstić information content (AvgIpc) is 2.82. The van der Waals surface area contributed by atoms with Gasteiger partial charge in [-0.15, -0.1) is 0 Å². The van der Waals surface area contributed by atoms with Crippen LogP contribution in [-0.4, -0.2) is 7.11 Å². The maximum absolute atomic E-state index is 5.28. The van der Waals surface area contributed by atoms with Crippen molar-refractivity contribution in [3.05, 3.63) is 29.3 Å². The fraction of sp³-hybridized carbons (Fsp3) is 0.600. The zero-order chi connectivity index (χ0) is 11.4. The van der Waals surface area contributed by atoms with Crippen LogP contribution in [0.15, 0.2) is 18.2 Å². The van der Waals surface area contributed by atoms with Crippen LogP contribution in [0.25, 0.3) is 0 Å². The Hall–Kier alpha value is -0.980. The standard InChI is InChI=1S/C15H22O/c1-3-13-11-15(16-2)9-8-14(13)10-12-6-4-5-7-12/h8-9,11-12H,3-7,10H2,1-2H3. The molecule has 1 nitrogen and oxygen atoms in total. The summed E-state index contributed by atoms with van der Waals surface area (Å²) in [5.74, 6) is 1.92. The molecule has 0 saturated heterocycles. The highest BCUT2D eigenvalue weighted by Gasteiger charge is 2.16. The van der Waals surface area contributed by atoms with Gasteiger partial charge in [0.1, 0.15) is 5.75 Å². The van der Waals surface area contributed by atoms with Gasteiger partial charge in [0.25, 0.3) is 0 Å². The van der Waals surface area contributed by atoms with Crippen molar-refractivity contribution in [2.75, 3.05) is 7.11 Å². The van der Waals surface area contributed by atoms with E-state index in [1.165, 1.54) is 43.2 Å². The number of ether oxygens (including phenoxy) is 1.